The maximum Gasteiger partial charge on any atom is 0.243 e. The molecule has 35 heavy (non-hydrogen) atoms. The summed E-state index contributed by atoms with van der Waals surface area (Å²) in [5.74, 6) is -2.08. The van der Waals surface area contributed by atoms with Crippen LogP contribution in [0, 0.1) is 17.8 Å². The molecule has 0 aliphatic carbocycles. The molecule has 4 N–H and O–H groups in total. The molecule has 0 saturated carbocycles. The van der Waals surface area contributed by atoms with Crippen molar-refractivity contribution in [3.8, 4) is 0 Å². The van der Waals surface area contributed by atoms with Crippen LogP contribution in [0.3, 0.4) is 0 Å². The maximum atomic E-state index is 13.4. The van der Waals surface area contributed by atoms with E-state index in [0.717, 1.165) is 5.56 Å². The van der Waals surface area contributed by atoms with Crippen molar-refractivity contribution in [1.29, 1.82) is 0 Å². The SMILES string of the molecule is CCC(C)C1NC(=O)C(Cc2ccccc2)NC(=O)C(C(C)CC)NC(=O)C(C(C)CC)NC1=O. The van der Waals surface area contributed by atoms with Gasteiger partial charge in [-0.25, -0.2) is 0 Å². The van der Waals surface area contributed by atoms with Crippen molar-refractivity contribution >= 4 is 23.6 Å². The van der Waals surface area contributed by atoms with Gasteiger partial charge < -0.3 is 21.3 Å². The minimum atomic E-state index is -0.891. The lowest BCUT2D eigenvalue weighted by atomic mass is 9.92. The summed E-state index contributed by atoms with van der Waals surface area (Å²) in [5, 5.41) is 11.5. The average molecular weight is 487 g/mol. The van der Waals surface area contributed by atoms with Crippen molar-refractivity contribution in [2.75, 3.05) is 0 Å². The van der Waals surface area contributed by atoms with E-state index in [4.69, 9.17) is 0 Å². The van der Waals surface area contributed by atoms with E-state index < -0.39 is 41.9 Å². The van der Waals surface area contributed by atoms with E-state index in [1.807, 2.05) is 71.9 Å². The van der Waals surface area contributed by atoms with Crippen LogP contribution in [0.2, 0.25) is 0 Å². The summed E-state index contributed by atoms with van der Waals surface area (Å²) >= 11 is 0. The first-order chi connectivity index (χ1) is 16.6. The summed E-state index contributed by atoms with van der Waals surface area (Å²) in [6.07, 6.45) is 2.25. The number of amides is 4. The van der Waals surface area contributed by atoms with Gasteiger partial charge in [-0.1, -0.05) is 91.1 Å². The Bertz CT molecular complexity index is 867. The van der Waals surface area contributed by atoms with Crippen LogP contribution < -0.4 is 21.3 Å². The lowest BCUT2D eigenvalue weighted by Gasteiger charge is -2.33. The number of nitrogens with one attached hydrogen (secondary N) is 4. The number of carbonyl (C=O) groups is 4. The zero-order valence-corrected chi connectivity index (χ0v) is 21.9. The first kappa shape index (κ1) is 28.3. The van der Waals surface area contributed by atoms with Crippen LogP contribution in [0.5, 0.6) is 0 Å². The third-order valence-corrected chi connectivity index (χ3v) is 7.30. The largest absolute Gasteiger partial charge is 0.342 e. The second kappa shape index (κ2) is 13.3. The number of rotatable bonds is 8. The van der Waals surface area contributed by atoms with E-state index in [9.17, 15) is 19.2 Å². The fourth-order valence-electron chi connectivity index (χ4n) is 4.17. The highest BCUT2D eigenvalue weighted by atomic mass is 16.2. The summed E-state index contributed by atoms with van der Waals surface area (Å²) in [6.45, 7) is 11.5. The van der Waals surface area contributed by atoms with Crippen LogP contribution in [0.1, 0.15) is 66.4 Å². The van der Waals surface area contributed by atoms with E-state index in [-0.39, 0.29) is 30.1 Å². The molecule has 1 aromatic carbocycles. The Labute approximate surface area is 209 Å². The van der Waals surface area contributed by atoms with Gasteiger partial charge in [0.05, 0.1) is 0 Å². The number of carbonyl (C=O) groups excluding carboxylic acids is 4. The molecule has 1 saturated heterocycles. The number of hydrogen-bond donors (Lipinski definition) is 4. The molecule has 2 rings (SSSR count). The second-order valence-electron chi connectivity index (χ2n) is 9.87. The fourth-order valence-corrected chi connectivity index (χ4v) is 4.17. The van der Waals surface area contributed by atoms with Crippen molar-refractivity contribution in [2.24, 2.45) is 17.8 Å². The van der Waals surface area contributed by atoms with E-state index >= 15 is 0 Å². The number of benzene rings is 1. The summed E-state index contributed by atoms with van der Waals surface area (Å²) in [5.41, 5.74) is 0.880. The Morgan fingerprint density at radius 1 is 0.600 bits per heavy atom. The van der Waals surface area contributed by atoms with Crippen LogP contribution in [-0.2, 0) is 25.6 Å². The van der Waals surface area contributed by atoms with Gasteiger partial charge in [0.2, 0.25) is 23.6 Å². The number of hydrogen-bond acceptors (Lipinski definition) is 4. The smallest absolute Gasteiger partial charge is 0.243 e. The molecule has 1 aliphatic rings. The van der Waals surface area contributed by atoms with E-state index in [1.54, 1.807) is 0 Å². The van der Waals surface area contributed by atoms with Crippen LogP contribution >= 0.6 is 0 Å². The molecule has 1 heterocycles. The minimum absolute atomic E-state index is 0.151. The Morgan fingerprint density at radius 2 is 0.971 bits per heavy atom. The third-order valence-electron chi connectivity index (χ3n) is 7.30. The van der Waals surface area contributed by atoms with Gasteiger partial charge in [0.15, 0.2) is 0 Å². The van der Waals surface area contributed by atoms with E-state index in [1.165, 1.54) is 0 Å². The monoisotopic (exact) mass is 486 g/mol. The summed E-state index contributed by atoms with van der Waals surface area (Å²) in [4.78, 5) is 53.6. The van der Waals surface area contributed by atoms with Gasteiger partial charge in [-0.15, -0.1) is 0 Å². The Kier molecular flexibility index (Phi) is 10.7. The topological polar surface area (TPSA) is 116 Å². The molecule has 1 aromatic rings. The van der Waals surface area contributed by atoms with Crippen molar-refractivity contribution in [3.63, 3.8) is 0 Å². The highest BCUT2D eigenvalue weighted by molar-refractivity contribution is 5.97. The minimum Gasteiger partial charge on any atom is -0.342 e. The van der Waals surface area contributed by atoms with Crippen LogP contribution in [-0.4, -0.2) is 47.8 Å². The average Bonchev–Trinajstić information content (AvgIpc) is 2.86. The fraction of sp³-hybridized carbons (Fsp3) is 0.630. The standard InChI is InChI=1S/C27H42N4O4/c1-7-16(4)21-25(33)28-20(15-19-13-11-10-12-14-19)24(32)29-22(17(5)8-2)26(34)31-23(18(6)9-3)27(35)30-21/h10-14,16-18,20-23H,7-9,15H2,1-6H3,(H,28,33)(H,29,32)(H,30,35)(H,31,34). The van der Waals surface area contributed by atoms with Crippen molar-refractivity contribution in [3.05, 3.63) is 35.9 Å². The van der Waals surface area contributed by atoms with Gasteiger partial charge in [0.25, 0.3) is 0 Å². The van der Waals surface area contributed by atoms with Crippen LogP contribution in [0.4, 0.5) is 0 Å². The molecule has 1 aliphatic heterocycles. The molecule has 8 heteroatoms. The Balaban J connectivity index is 2.50. The summed E-state index contributed by atoms with van der Waals surface area (Å²) in [6, 6.07) is 6.05. The molecular weight excluding hydrogens is 444 g/mol. The summed E-state index contributed by atoms with van der Waals surface area (Å²) < 4.78 is 0. The zero-order chi connectivity index (χ0) is 26.1. The van der Waals surface area contributed by atoms with E-state index in [2.05, 4.69) is 21.3 Å². The van der Waals surface area contributed by atoms with Gasteiger partial charge >= 0.3 is 0 Å². The van der Waals surface area contributed by atoms with Gasteiger partial charge in [-0.3, -0.25) is 19.2 Å². The maximum absolute atomic E-state index is 13.4. The Morgan fingerprint density at radius 3 is 1.37 bits per heavy atom. The summed E-state index contributed by atoms with van der Waals surface area (Å²) in [7, 11) is 0. The van der Waals surface area contributed by atoms with Gasteiger partial charge in [-0.05, 0) is 23.3 Å². The van der Waals surface area contributed by atoms with Crippen LogP contribution in [0.25, 0.3) is 0 Å². The lowest BCUT2D eigenvalue weighted by Crippen LogP contribution is -2.64. The molecule has 0 bridgehead atoms. The molecule has 1 fully saturated rings. The molecule has 0 aromatic heterocycles. The van der Waals surface area contributed by atoms with Gasteiger partial charge in [-0.2, -0.15) is 0 Å². The first-order valence-electron chi connectivity index (χ1n) is 12.9. The molecule has 0 spiro atoms. The molecule has 0 radical (unpaired) electrons. The van der Waals surface area contributed by atoms with Gasteiger partial charge in [0, 0.05) is 6.42 Å². The molecule has 7 atom stereocenters. The first-order valence-corrected chi connectivity index (χ1v) is 12.9. The van der Waals surface area contributed by atoms with Crippen molar-refractivity contribution < 1.29 is 19.2 Å². The highest BCUT2D eigenvalue weighted by Crippen LogP contribution is 2.16. The normalized spacial score (nSPS) is 26.7. The van der Waals surface area contributed by atoms with Crippen molar-refractivity contribution in [2.45, 2.75) is 91.4 Å². The van der Waals surface area contributed by atoms with Crippen LogP contribution in [0.15, 0.2) is 30.3 Å². The van der Waals surface area contributed by atoms with E-state index in [0.29, 0.717) is 19.3 Å². The molecule has 194 valence electrons. The molecule has 7 unspecified atom stereocenters. The highest BCUT2D eigenvalue weighted by Gasteiger charge is 2.38. The third kappa shape index (κ3) is 7.54. The molecular formula is C27H42N4O4. The zero-order valence-electron chi connectivity index (χ0n) is 21.9. The second-order valence-corrected chi connectivity index (χ2v) is 9.87. The molecule has 8 nitrogen and oxygen atoms in total. The predicted octanol–water partition coefficient (Wildman–Crippen LogP) is 2.32. The Hall–Kier alpha value is -2.90. The van der Waals surface area contributed by atoms with Crippen molar-refractivity contribution in [1.82, 2.24) is 21.3 Å². The predicted molar refractivity (Wildman–Crippen MR) is 136 cm³/mol. The molecule has 4 amide bonds. The van der Waals surface area contributed by atoms with Gasteiger partial charge in [0.1, 0.15) is 24.2 Å². The lowest BCUT2D eigenvalue weighted by molar-refractivity contribution is -0.138. The quantitative estimate of drug-likeness (QED) is 0.451.